The topological polar surface area (TPSA) is 74.8 Å². The second-order valence-electron chi connectivity index (χ2n) is 5.06. The minimum Gasteiger partial charge on any atom is -0.319 e. The lowest BCUT2D eigenvalue weighted by molar-refractivity contribution is 0.102. The van der Waals surface area contributed by atoms with Crippen LogP contribution in [0, 0.1) is 5.82 Å². The third-order valence-electron chi connectivity index (χ3n) is 3.34. The van der Waals surface area contributed by atoms with Crippen molar-refractivity contribution in [2.75, 3.05) is 5.32 Å². The molecule has 0 unspecified atom stereocenters. The lowest BCUT2D eigenvalue weighted by Gasteiger charge is -2.07. The first-order valence-electron chi connectivity index (χ1n) is 7.06. The lowest BCUT2D eigenvalue weighted by Crippen LogP contribution is -2.24. The van der Waals surface area contributed by atoms with Crippen LogP contribution < -0.4 is 10.9 Å². The maximum atomic E-state index is 13.8. The number of nitrogens with zero attached hydrogens (tertiary/aromatic N) is 1. The van der Waals surface area contributed by atoms with Crippen LogP contribution in [0.25, 0.3) is 11.4 Å². The van der Waals surface area contributed by atoms with Gasteiger partial charge in [-0.15, -0.1) is 0 Å². The molecule has 126 valence electrons. The molecular weight excluding hydrogens is 413 g/mol. The van der Waals surface area contributed by atoms with Gasteiger partial charge in [0.25, 0.3) is 11.5 Å². The van der Waals surface area contributed by atoms with Gasteiger partial charge in [-0.25, -0.2) is 9.37 Å². The Labute approximate surface area is 155 Å². The SMILES string of the molecule is O=C(Nc1ccc(Br)cc1F)c1cnc(-c2ccc(Cl)cc2)[nH]c1=O. The first-order valence-corrected chi connectivity index (χ1v) is 8.23. The highest BCUT2D eigenvalue weighted by atomic mass is 79.9. The van der Waals surface area contributed by atoms with Gasteiger partial charge in [0.05, 0.1) is 5.69 Å². The summed E-state index contributed by atoms with van der Waals surface area (Å²) in [5.74, 6) is -1.07. The quantitative estimate of drug-likeness (QED) is 0.663. The maximum Gasteiger partial charge on any atom is 0.264 e. The summed E-state index contributed by atoms with van der Waals surface area (Å²) in [4.78, 5) is 31.0. The van der Waals surface area contributed by atoms with Gasteiger partial charge in [0.1, 0.15) is 17.2 Å². The Hall–Kier alpha value is -2.51. The maximum absolute atomic E-state index is 13.8. The number of halogens is 3. The molecule has 1 heterocycles. The molecule has 3 rings (SSSR count). The normalized spacial score (nSPS) is 10.5. The second-order valence-corrected chi connectivity index (χ2v) is 6.41. The minimum atomic E-state index is -0.752. The number of hydrogen-bond donors (Lipinski definition) is 2. The van der Waals surface area contributed by atoms with Crippen LogP contribution in [0.4, 0.5) is 10.1 Å². The first kappa shape index (κ1) is 17.3. The van der Waals surface area contributed by atoms with Crippen LogP contribution in [-0.2, 0) is 0 Å². The van der Waals surface area contributed by atoms with E-state index < -0.39 is 17.3 Å². The van der Waals surface area contributed by atoms with E-state index in [1.165, 1.54) is 12.1 Å². The molecule has 0 aliphatic heterocycles. The Morgan fingerprint density at radius 2 is 1.92 bits per heavy atom. The summed E-state index contributed by atoms with van der Waals surface area (Å²) in [6, 6.07) is 10.9. The van der Waals surface area contributed by atoms with Crippen LogP contribution >= 0.6 is 27.5 Å². The summed E-state index contributed by atoms with van der Waals surface area (Å²) in [6.45, 7) is 0. The van der Waals surface area contributed by atoms with E-state index in [0.29, 0.717) is 20.9 Å². The molecule has 3 aromatic rings. The highest BCUT2D eigenvalue weighted by Gasteiger charge is 2.14. The average Bonchev–Trinajstić information content (AvgIpc) is 2.58. The van der Waals surface area contributed by atoms with Crippen molar-refractivity contribution < 1.29 is 9.18 Å². The van der Waals surface area contributed by atoms with Gasteiger partial charge < -0.3 is 10.3 Å². The monoisotopic (exact) mass is 421 g/mol. The van der Waals surface area contributed by atoms with Crippen molar-refractivity contribution in [1.29, 1.82) is 0 Å². The molecule has 0 radical (unpaired) electrons. The summed E-state index contributed by atoms with van der Waals surface area (Å²) < 4.78 is 14.3. The Morgan fingerprint density at radius 1 is 1.20 bits per heavy atom. The Balaban J connectivity index is 1.86. The van der Waals surface area contributed by atoms with E-state index in [4.69, 9.17) is 11.6 Å². The van der Waals surface area contributed by atoms with Gasteiger partial charge in [-0.05, 0) is 42.5 Å². The molecule has 8 heteroatoms. The summed E-state index contributed by atoms with van der Waals surface area (Å²) in [5.41, 5.74) is -0.239. The zero-order valence-electron chi connectivity index (χ0n) is 12.5. The Bertz CT molecular complexity index is 1010. The van der Waals surface area contributed by atoms with Crippen molar-refractivity contribution in [2.24, 2.45) is 0 Å². The molecule has 0 saturated heterocycles. The molecular formula is C17H10BrClFN3O2. The number of aromatic amines is 1. The molecule has 2 N–H and O–H groups in total. The van der Waals surface area contributed by atoms with Crippen LogP contribution in [0.1, 0.15) is 10.4 Å². The van der Waals surface area contributed by atoms with Crippen LogP contribution in [0.15, 0.2) is 57.9 Å². The number of aromatic nitrogens is 2. The molecule has 0 spiro atoms. The van der Waals surface area contributed by atoms with E-state index in [1.807, 2.05) is 0 Å². The molecule has 1 aromatic heterocycles. The number of amides is 1. The largest absolute Gasteiger partial charge is 0.319 e. The fourth-order valence-electron chi connectivity index (χ4n) is 2.09. The fraction of sp³-hybridized carbons (Fsp3) is 0. The highest BCUT2D eigenvalue weighted by Crippen LogP contribution is 2.20. The van der Waals surface area contributed by atoms with Gasteiger partial charge in [0, 0.05) is 21.3 Å². The summed E-state index contributed by atoms with van der Waals surface area (Å²) in [5, 5.41) is 2.90. The van der Waals surface area contributed by atoms with Crippen molar-refractivity contribution in [3.8, 4) is 11.4 Å². The van der Waals surface area contributed by atoms with Crippen molar-refractivity contribution in [2.45, 2.75) is 0 Å². The molecule has 5 nitrogen and oxygen atoms in total. The van der Waals surface area contributed by atoms with Gasteiger partial charge in [0.2, 0.25) is 0 Å². The zero-order valence-corrected chi connectivity index (χ0v) is 14.9. The third kappa shape index (κ3) is 3.94. The number of nitrogens with one attached hydrogen (secondary N) is 2. The van der Waals surface area contributed by atoms with Crippen LogP contribution in [-0.4, -0.2) is 15.9 Å². The number of hydrogen-bond acceptors (Lipinski definition) is 3. The summed E-state index contributed by atoms with van der Waals surface area (Å²) >= 11 is 8.95. The first-order chi connectivity index (χ1) is 11.9. The fourth-order valence-corrected chi connectivity index (χ4v) is 2.55. The van der Waals surface area contributed by atoms with Crippen molar-refractivity contribution in [1.82, 2.24) is 9.97 Å². The third-order valence-corrected chi connectivity index (χ3v) is 4.09. The van der Waals surface area contributed by atoms with E-state index in [2.05, 4.69) is 31.2 Å². The van der Waals surface area contributed by atoms with Crippen LogP contribution in [0.5, 0.6) is 0 Å². The van der Waals surface area contributed by atoms with E-state index in [1.54, 1.807) is 30.3 Å². The standard InChI is InChI=1S/C17H10BrClFN3O2/c18-10-3-6-14(13(20)7-10)22-16(24)12-8-21-15(23-17(12)25)9-1-4-11(19)5-2-9/h1-8H,(H,22,24)(H,21,23,25). The molecule has 0 fully saturated rings. The van der Waals surface area contributed by atoms with E-state index >= 15 is 0 Å². The summed E-state index contributed by atoms with van der Waals surface area (Å²) in [6.07, 6.45) is 1.15. The molecule has 0 saturated carbocycles. The van der Waals surface area contributed by atoms with Crippen molar-refractivity contribution >= 4 is 39.1 Å². The molecule has 2 aromatic carbocycles. The van der Waals surface area contributed by atoms with Gasteiger partial charge in [-0.1, -0.05) is 27.5 Å². The van der Waals surface area contributed by atoms with Gasteiger partial charge >= 0.3 is 0 Å². The molecule has 25 heavy (non-hydrogen) atoms. The average molecular weight is 423 g/mol. The second kappa shape index (κ2) is 7.16. The molecule has 1 amide bonds. The minimum absolute atomic E-state index is 0.0330. The number of anilines is 1. The van der Waals surface area contributed by atoms with Crippen LogP contribution in [0.3, 0.4) is 0 Å². The summed E-state index contributed by atoms with van der Waals surface area (Å²) in [7, 11) is 0. The zero-order chi connectivity index (χ0) is 18.0. The lowest BCUT2D eigenvalue weighted by atomic mass is 10.2. The van der Waals surface area contributed by atoms with Gasteiger partial charge in [-0.2, -0.15) is 0 Å². The Morgan fingerprint density at radius 3 is 2.56 bits per heavy atom. The molecule has 0 aliphatic rings. The van der Waals surface area contributed by atoms with Gasteiger partial charge in [0.15, 0.2) is 0 Å². The number of H-pyrrole nitrogens is 1. The molecule has 0 atom stereocenters. The van der Waals surface area contributed by atoms with E-state index in [9.17, 15) is 14.0 Å². The van der Waals surface area contributed by atoms with E-state index in [0.717, 1.165) is 6.20 Å². The Kier molecular flexibility index (Phi) is 4.96. The number of carbonyl (C=O) groups excluding carboxylic acids is 1. The van der Waals surface area contributed by atoms with E-state index in [-0.39, 0.29) is 11.3 Å². The highest BCUT2D eigenvalue weighted by molar-refractivity contribution is 9.10. The predicted molar refractivity (Wildman–Crippen MR) is 97.4 cm³/mol. The molecule has 0 bridgehead atoms. The smallest absolute Gasteiger partial charge is 0.264 e. The van der Waals surface area contributed by atoms with Crippen molar-refractivity contribution in [3.05, 3.63) is 79.9 Å². The number of benzene rings is 2. The molecule has 0 aliphatic carbocycles. The van der Waals surface area contributed by atoms with Gasteiger partial charge in [-0.3, -0.25) is 9.59 Å². The predicted octanol–water partition coefficient (Wildman–Crippen LogP) is 4.24. The van der Waals surface area contributed by atoms with Crippen LogP contribution in [0.2, 0.25) is 5.02 Å². The van der Waals surface area contributed by atoms with Crippen molar-refractivity contribution in [3.63, 3.8) is 0 Å². The number of rotatable bonds is 3. The number of carbonyl (C=O) groups is 1.